The van der Waals surface area contributed by atoms with E-state index < -0.39 is 0 Å². The summed E-state index contributed by atoms with van der Waals surface area (Å²) < 4.78 is 1.88. The molecule has 2 aliphatic rings. The lowest BCUT2D eigenvalue weighted by Crippen LogP contribution is -2.45. The van der Waals surface area contributed by atoms with Gasteiger partial charge in [0.05, 0.1) is 17.8 Å². The largest absolute Gasteiger partial charge is 0.346 e. The molecule has 1 atom stereocenters. The molecule has 0 aliphatic carbocycles. The fraction of sp³-hybridized carbons (Fsp3) is 0.522. The number of hydrogen-bond donors (Lipinski definition) is 0. The molecule has 0 spiro atoms. The fourth-order valence-corrected chi connectivity index (χ4v) is 5.50. The van der Waals surface area contributed by atoms with E-state index in [4.69, 9.17) is 10.1 Å². The summed E-state index contributed by atoms with van der Waals surface area (Å²) >= 11 is 1.62. The molecule has 3 aromatic rings. The molecule has 2 fully saturated rings. The third kappa shape index (κ3) is 3.95. The number of anilines is 1. The van der Waals surface area contributed by atoms with Crippen molar-refractivity contribution in [3.63, 3.8) is 0 Å². The highest BCUT2D eigenvalue weighted by molar-refractivity contribution is 7.20. The van der Waals surface area contributed by atoms with Crippen LogP contribution in [0.4, 0.5) is 5.13 Å². The Hall–Kier alpha value is -2.41. The normalized spacial score (nSPS) is 20.5. The number of amides is 1. The Morgan fingerprint density at radius 2 is 1.80 bits per heavy atom. The fourth-order valence-electron chi connectivity index (χ4n) is 4.58. The number of aromatic nitrogens is 3. The number of fused-ring (bicyclic) bond motifs is 1. The first-order chi connectivity index (χ1) is 14.7. The molecule has 2 saturated heterocycles. The summed E-state index contributed by atoms with van der Waals surface area (Å²) in [6, 6.07) is 8.42. The van der Waals surface area contributed by atoms with Gasteiger partial charge in [0.15, 0.2) is 0 Å². The summed E-state index contributed by atoms with van der Waals surface area (Å²) in [5, 5.41) is 5.77. The Balaban J connectivity index is 1.30. The number of rotatable bonds is 3. The van der Waals surface area contributed by atoms with Crippen molar-refractivity contribution in [3.8, 4) is 11.3 Å². The zero-order valence-electron chi connectivity index (χ0n) is 17.6. The van der Waals surface area contributed by atoms with Crippen molar-refractivity contribution >= 4 is 27.3 Å². The minimum absolute atomic E-state index is 0.0937. The van der Waals surface area contributed by atoms with Gasteiger partial charge in [0.25, 0.3) is 0 Å². The van der Waals surface area contributed by atoms with E-state index in [2.05, 4.69) is 41.0 Å². The smallest absolute Gasteiger partial charge is 0.227 e. The van der Waals surface area contributed by atoms with Gasteiger partial charge in [-0.1, -0.05) is 54.0 Å². The molecule has 1 aromatic carbocycles. The Labute approximate surface area is 181 Å². The standard InChI is InChI=1S/C23H29N5OS/c1-17-8-10-18(11-9-17)20-16-28-22(24-20)30-23(25-28)27-14-6-7-19(15-27)21(29)26-12-4-2-3-5-13-26/h8-11,16,19H,2-7,12-15H2,1H3. The highest BCUT2D eigenvalue weighted by Crippen LogP contribution is 2.30. The Bertz CT molecular complexity index is 985. The first-order valence-electron chi connectivity index (χ1n) is 11.1. The summed E-state index contributed by atoms with van der Waals surface area (Å²) in [5.74, 6) is 0.445. The van der Waals surface area contributed by atoms with Crippen molar-refractivity contribution in [3.05, 3.63) is 36.0 Å². The number of likely N-dealkylation sites (tertiary alicyclic amines) is 1. The van der Waals surface area contributed by atoms with Gasteiger partial charge in [-0.05, 0) is 32.6 Å². The van der Waals surface area contributed by atoms with E-state index >= 15 is 0 Å². The molecule has 0 saturated carbocycles. The second-order valence-electron chi connectivity index (χ2n) is 8.63. The third-order valence-corrected chi connectivity index (χ3v) is 7.32. The lowest BCUT2D eigenvalue weighted by atomic mass is 9.96. The molecule has 2 aliphatic heterocycles. The Morgan fingerprint density at radius 1 is 1.03 bits per heavy atom. The number of nitrogens with zero attached hydrogens (tertiary/aromatic N) is 5. The van der Waals surface area contributed by atoms with Crippen LogP contribution in [-0.2, 0) is 4.79 Å². The van der Waals surface area contributed by atoms with E-state index in [1.165, 1.54) is 18.4 Å². The first kappa shape index (κ1) is 19.5. The Morgan fingerprint density at radius 3 is 2.53 bits per heavy atom. The quantitative estimate of drug-likeness (QED) is 0.627. The molecule has 2 aromatic heterocycles. The number of piperidine rings is 1. The zero-order chi connectivity index (χ0) is 20.5. The molecule has 0 radical (unpaired) electrons. The predicted molar refractivity (Wildman–Crippen MR) is 121 cm³/mol. The maximum atomic E-state index is 13.1. The molecule has 5 rings (SSSR count). The summed E-state index contributed by atoms with van der Waals surface area (Å²) in [6.07, 6.45) is 8.84. The molecule has 0 bridgehead atoms. The van der Waals surface area contributed by atoms with E-state index in [9.17, 15) is 4.79 Å². The maximum Gasteiger partial charge on any atom is 0.227 e. The van der Waals surface area contributed by atoms with Crippen LogP contribution in [0.3, 0.4) is 0 Å². The highest BCUT2D eigenvalue weighted by atomic mass is 32.1. The van der Waals surface area contributed by atoms with E-state index in [-0.39, 0.29) is 5.92 Å². The molecular formula is C23H29N5OS. The summed E-state index contributed by atoms with van der Waals surface area (Å²) in [4.78, 5) is 23.2. The SMILES string of the molecule is Cc1ccc(-c2cn3nc(N4CCCC(C(=O)N5CCCCCC5)C4)sc3n2)cc1. The number of benzene rings is 1. The van der Waals surface area contributed by atoms with Gasteiger partial charge in [-0.15, -0.1) is 5.10 Å². The van der Waals surface area contributed by atoms with Crippen LogP contribution in [-0.4, -0.2) is 51.6 Å². The number of carbonyl (C=O) groups excluding carboxylic acids is 1. The molecule has 30 heavy (non-hydrogen) atoms. The van der Waals surface area contributed by atoms with Crippen molar-refractivity contribution in [2.75, 3.05) is 31.1 Å². The van der Waals surface area contributed by atoms with Gasteiger partial charge in [-0.2, -0.15) is 0 Å². The van der Waals surface area contributed by atoms with Gasteiger partial charge in [-0.3, -0.25) is 4.79 Å². The lowest BCUT2D eigenvalue weighted by molar-refractivity contribution is -0.135. The Kier molecular flexibility index (Phi) is 5.46. The number of carbonyl (C=O) groups is 1. The van der Waals surface area contributed by atoms with E-state index in [0.29, 0.717) is 5.91 Å². The van der Waals surface area contributed by atoms with E-state index in [1.807, 2.05) is 10.7 Å². The molecule has 6 nitrogen and oxygen atoms in total. The zero-order valence-corrected chi connectivity index (χ0v) is 18.4. The maximum absolute atomic E-state index is 13.1. The number of imidazole rings is 1. The summed E-state index contributed by atoms with van der Waals surface area (Å²) in [6.45, 7) is 5.69. The van der Waals surface area contributed by atoms with Crippen LogP contribution < -0.4 is 4.90 Å². The third-order valence-electron chi connectivity index (χ3n) is 6.34. The van der Waals surface area contributed by atoms with Gasteiger partial charge in [-0.25, -0.2) is 9.50 Å². The number of aryl methyl sites for hydroxylation is 1. The summed E-state index contributed by atoms with van der Waals surface area (Å²) in [7, 11) is 0. The monoisotopic (exact) mass is 423 g/mol. The van der Waals surface area contributed by atoms with Crippen LogP contribution in [0.2, 0.25) is 0 Å². The van der Waals surface area contributed by atoms with Crippen LogP contribution in [0.1, 0.15) is 44.1 Å². The average Bonchev–Trinajstić information content (AvgIpc) is 3.22. The van der Waals surface area contributed by atoms with Gasteiger partial charge >= 0.3 is 0 Å². The topological polar surface area (TPSA) is 53.7 Å². The van der Waals surface area contributed by atoms with Crippen LogP contribution in [0.5, 0.6) is 0 Å². The molecule has 1 unspecified atom stereocenters. The molecule has 4 heterocycles. The van der Waals surface area contributed by atoms with Crippen molar-refractivity contribution in [1.29, 1.82) is 0 Å². The van der Waals surface area contributed by atoms with E-state index in [0.717, 1.165) is 73.2 Å². The van der Waals surface area contributed by atoms with Crippen molar-refractivity contribution in [1.82, 2.24) is 19.5 Å². The lowest BCUT2D eigenvalue weighted by Gasteiger charge is -2.34. The minimum atomic E-state index is 0.0937. The molecular weight excluding hydrogens is 394 g/mol. The van der Waals surface area contributed by atoms with Gasteiger partial charge in [0.2, 0.25) is 16.0 Å². The summed E-state index contributed by atoms with van der Waals surface area (Å²) in [5.41, 5.74) is 3.31. The van der Waals surface area contributed by atoms with Gasteiger partial charge < -0.3 is 9.80 Å². The number of hydrogen-bond acceptors (Lipinski definition) is 5. The molecule has 0 N–H and O–H groups in total. The second kappa shape index (κ2) is 8.38. The van der Waals surface area contributed by atoms with Crippen molar-refractivity contribution in [2.24, 2.45) is 5.92 Å². The first-order valence-corrected chi connectivity index (χ1v) is 12.0. The van der Waals surface area contributed by atoms with Crippen LogP contribution in [0, 0.1) is 12.8 Å². The van der Waals surface area contributed by atoms with Gasteiger partial charge in [0, 0.05) is 31.7 Å². The van der Waals surface area contributed by atoms with Crippen LogP contribution in [0.25, 0.3) is 16.2 Å². The average molecular weight is 424 g/mol. The predicted octanol–water partition coefficient (Wildman–Crippen LogP) is 4.39. The van der Waals surface area contributed by atoms with Crippen molar-refractivity contribution < 1.29 is 4.79 Å². The van der Waals surface area contributed by atoms with Crippen LogP contribution in [0.15, 0.2) is 30.5 Å². The molecule has 7 heteroatoms. The molecule has 1 amide bonds. The molecule has 158 valence electrons. The van der Waals surface area contributed by atoms with E-state index in [1.54, 1.807) is 11.3 Å². The minimum Gasteiger partial charge on any atom is -0.346 e. The highest BCUT2D eigenvalue weighted by Gasteiger charge is 2.31. The van der Waals surface area contributed by atoms with Crippen LogP contribution >= 0.6 is 11.3 Å². The second-order valence-corrected chi connectivity index (χ2v) is 9.56. The van der Waals surface area contributed by atoms with Gasteiger partial charge in [0.1, 0.15) is 0 Å². The van der Waals surface area contributed by atoms with Crippen molar-refractivity contribution in [2.45, 2.75) is 45.4 Å².